The molecule has 4 heterocycles. The Morgan fingerprint density at radius 2 is 1.90 bits per heavy atom. The van der Waals surface area contributed by atoms with Gasteiger partial charge in [0.05, 0.1) is 34.7 Å². The maximum atomic E-state index is 14.1. The Morgan fingerprint density at radius 3 is 2.67 bits per heavy atom. The van der Waals surface area contributed by atoms with Gasteiger partial charge in [-0.25, -0.2) is 4.68 Å². The number of aromatic nitrogens is 3. The first-order chi connectivity index (χ1) is 19.0. The lowest BCUT2D eigenvalue weighted by molar-refractivity contribution is -0.143. The summed E-state index contributed by atoms with van der Waals surface area (Å²) in [6, 6.07) is 15.9. The van der Waals surface area contributed by atoms with E-state index in [1.165, 1.54) is 0 Å². The third-order valence-electron chi connectivity index (χ3n) is 8.50. The first kappa shape index (κ1) is 25.8. The van der Waals surface area contributed by atoms with Crippen LogP contribution in [0.4, 0.5) is 0 Å². The van der Waals surface area contributed by atoms with Crippen molar-refractivity contribution in [3.8, 4) is 0 Å². The smallest absolute Gasteiger partial charge is 0.245 e. The van der Waals surface area contributed by atoms with E-state index in [9.17, 15) is 19.5 Å². The summed E-state index contributed by atoms with van der Waals surface area (Å²) in [5.41, 5.74) is 2.50. The van der Waals surface area contributed by atoms with Crippen molar-refractivity contribution in [2.24, 2.45) is 11.8 Å². The second-order valence-electron chi connectivity index (χ2n) is 10.5. The first-order valence-corrected chi connectivity index (χ1v) is 14.3. The van der Waals surface area contributed by atoms with E-state index in [4.69, 9.17) is 0 Å². The topological polar surface area (TPSA) is 129 Å². The van der Waals surface area contributed by atoms with Crippen LogP contribution in [0, 0.1) is 11.8 Å². The van der Waals surface area contributed by atoms with Crippen LogP contribution in [0.25, 0.3) is 11.0 Å². The molecule has 1 spiro atoms. The molecule has 0 radical (unpaired) electrons. The number of hydrogen-bond acceptors (Lipinski definition) is 7. The van der Waals surface area contributed by atoms with E-state index in [0.717, 1.165) is 23.0 Å². The summed E-state index contributed by atoms with van der Waals surface area (Å²) in [5, 5.41) is 24.5. The molecule has 2 unspecified atom stereocenters. The summed E-state index contributed by atoms with van der Waals surface area (Å²) in [4.78, 5) is 43.1. The summed E-state index contributed by atoms with van der Waals surface area (Å²) in [6.45, 7) is 2.13. The fourth-order valence-corrected chi connectivity index (χ4v) is 8.89. The van der Waals surface area contributed by atoms with Gasteiger partial charge in [0.15, 0.2) is 0 Å². The number of rotatable bonds is 9. The highest BCUT2D eigenvalue weighted by molar-refractivity contribution is 8.02. The van der Waals surface area contributed by atoms with Crippen LogP contribution < -0.4 is 10.6 Å². The lowest BCUT2D eigenvalue weighted by atomic mass is 9.70. The molecule has 0 aliphatic carbocycles. The minimum absolute atomic E-state index is 0.0272. The number of aliphatic hydroxyl groups excluding tert-OH is 1. The third kappa shape index (κ3) is 4.19. The number of nitrogens with zero attached hydrogens (tertiary/aromatic N) is 4. The zero-order valence-corrected chi connectivity index (χ0v) is 22.5. The average molecular weight is 549 g/mol. The standard InChI is InChI=1S/C28H32N6O4S/c1-2-18(15-35)34-24(26(37)30-16-33-20-11-7-6-10-19(20)31-32-33)28-13-12-21(39-28)22(23(28)27(34)38)25(36)29-14-17-8-4-3-5-9-17/h3-11,18,21-24,35H,2,12-16H2,1H3,(H,29,36)(H,30,37)/t18-,21+,22-,23-,24?,28?/m0/s1. The number of fused-ring (bicyclic) bond motifs is 2. The average Bonchev–Trinajstić information content (AvgIpc) is 3.71. The van der Waals surface area contributed by atoms with Gasteiger partial charge >= 0.3 is 0 Å². The molecule has 3 saturated heterocycles. The molecule has 6 rings (SSSR count). The fraction of sp³-hybridized carbons (Fsp3) is 0.464. The number of hydrogen-bond donors (Lipinski definition) is 3. The number of para-hydroxylation sites is 1. The quantitative estimate of drug-likeness (QED) is 0.371. The van der Waals surface area contributed by atoms with Crippen LogP contribution in [0.3, 0.4) is 0 Å². The van der Waals surface area contributed by atoms with Crippen LogP contribution in [0.1, 0.15) is 31.7 Å². The molecule has 3 aliphatic rings. The Bertz CT molecular complexity index is 1390. The van der Waals surface area contributed by atoms with E-state index in [1.807, 2.05) is 61.5 Å². The van der Waals surface area contributed by atoms with Crippen LogP contribution >= 0.6 is 11.8 Å². The van der Waals surface area contributed by atoms with Crippen molar-refractivity contribution in [1.29, 1.82) is 0 Å². The molecule has 10 nitrogen and oxygen atoms in total. The molecule has 2 aromatic carbocycles. The molecule has 3 N–H and O–H groups in total. The highest BCUT2D eigenvalue weighted by Gasteiger charge is 2.74. The maximum absolute atomic E-state index is 14.1. The van der Waals surface area contributed by atoms with Crippen LogP contribution in [-0.4, -0.2) is 71.4 Å². The normalized spacial score (nSPS) is 28.1. The minimum atomic E-state index is -0.788. The molecule has 3 amide bonds. The third-order valence-corrected chi connectivity index (χ3v) is 10.4. The van der Waals surface area contributed by atoms with Gasteiger partial charge in [0.2, 0.25) is 17.7 Å². The number of amides is 3. The number of aliphatic hydroxyl groups is 1. The van der Waals surface area contributed by atoms with Gasteiger partial charge in [-0.15, -0.1) is 16.9 Å². The predicted molar refractivity (Wildman–Crippen MR) is 146 cm³/mol. The Labute approximate surface area is 230 Å². The van der Waals surface area contributed by atoms with E-state index in [1.54, 1.807) is 21.3 Å². The van der Waals surface area contributed by atoms with Crippen molar-refractivity contribution in [2.75, 3.05) is 6.61 Å². The summed E-state index contributed by atoms with van der Waals surface area (Å²) >= 11 is 1.62. The first-order valence-electron chi connectivity index (χ1n) is 13.5. The molecular weight excluding hydrogens is 516 g/mol. The van der Waals surface area contributed by atoms with Crippen molar-refractivity contribution in [2.45, 2.75) is 61.5 Å². The molecule has 6 atom stereocenters. The number of carbonyl (C=O) groups is 3. The molecular formula is C28H32N6O4S. The Kier molecular flexibility index (Phi) is 6.80. The Balaban J connectivity index is 1.27. The fourth-order valence-electron chi connectivity index (χ4n) is 6.68. The molecule has 0 saturated carbocycles. The van der Waals surface area contributed by atoms with E-state index < -0.39 is 28.7 Å². The Morgan fingerprint density at radius 1 is 1.13 bits per heavy atom. The monoisotopic (exact) mass is 548 g/mol. The van der Waals surface area contributed by atoms with Crippen LogP contribution in [0.15, 0.2) is 54.6 Å². The van der Waals surface area contributed by atoms with Gasteiger partial charge in [-0.05, 0) is 37.0 Å². The second-order valence-corrected chi connectivity index (χ2v) is 12.1. The predicted octanol–water partition coefficient (Wildman–Crippen LogP) is 1.68. The van der Waals surface area contributed by atoms with E-state index in [-0.39, 0.29) is 36.2 Å². The van der Waals surface area contributed by atoms with E-state index in [0.29, 0.717) is 19.4 Å². The van der Waals surface area contributed by atoms with Gasteiger partial charge in [-0.3, -0.25) is 14.4 Å². The number of thioether (sulfide) groups is 1. The van der Waals surface area contributed by atoms with Crippen molar-refractivity contribution in [3.05, 3.63) is 60.2 Å². The molecule has 3 aromatic rings. The van der Waals surface area contributed by atoms with Crippen molar-refractivity contribution >= 4 is 40.5 Å². The molecule has 39 heavy (non-hydrogen) atoms. The van der Waals surface area contributed by atoms with Crippen molar-refractivity contribution in [1.82, 2.24) is 30.5 Å². The number of carbonyl (C=O) groups excluding carboxylic acids is 3. The van der Waals surface area contributed by atoms with Gasteiger partial charge in [0.25, 0.3) is 0 Å². The van der Waals surface area contributed by atoms with Gasteiger partial charge in [0.1, 0.15) is 18.2 Å². The minimum Gasteiger partial charge on any atom is -0.394 e. The number of likely N-dealkylation sites (tertiary alicyclic amines) is 1. The van der Waals surface area contributed by atoms with Gasteiger partial charge in [-0.1, -0.05) is 54.6 Å². The Hall–Kier alpha value is -3.44. The zero-order valence-electron chi connectivity index (χ0n) is 21.7. The van der Waals surface area contributed by atoms with Crippen LogP contribution in [-0.2, 0) is 27.6 Å². The van der Waals surface area contributed by atoms with Crippen molar-refractivity contribution in [3.63, 3.8) is 0 Å². The molecule has 204 valence electrons. The van der Waals surface area contributed by atoms with Crippen LogP contribution in [0.2, 0.25) is 0 Å². The van der Waals surface area contributed by atoms with Crippen molar-refractivity contribution < 1.29 is 19.5 Å². The lowest BCUT2D eigenvalue weighted by Gasteiger charge is -2.36. The maximum Gasteiger partial charge on any atom is 0.245 e. The summed E-state index contributed by atoms with van der Waals surface area (Å²) in [7, 11) is 0. The highest BCUT2D eigenvalue weighted by atomic mass is 32.2. The van der Waals surface area contributed by atoms with Gasteiger partial charge < -0.3 is 20.6 Å². The molecule has 11 heteroatoms. The summed E-state index contributed by atoms with van der Waals surface area (Å²) in [6.07, 6.45) is 1.94. The summed E-state index contributed by atoms with van der Waals surface area (Å²) < 4.78 is 0.902. The molecule has 1 aromatic heterocycles. The number of benzene rings is 2. The lowest BCUT2D eigenvalue weighted by Crippen LogP contribution is -2.56. The van der Waals surface area contributed by atoms with Gasteiger partial charge in [-0.2, -0.15) is 0 Å². The summed E-state index contributed by atoms with van der Waals surface area (Å²) in [5.74, 6) is -1.78. The van der Waals surface area contributed by atoms with Gasteiger partial charge in [0, 0.05) is 11.8 Å². The highest BCUT2D eigenvalue weighted by Crippen LogP contribution is 2.66. The van der Waals surface area contributed by atoms with Crippen LogP contribution in [0.5, 0.6) is 0 Å². The zero-order chi connectivity index (χ0) is 27.1. The largest absolute Gasteiger partial charge is 0.394 e. The SMILES string of the molecule is CC[C@@H](CO)N1C(=O)[C@@H]2[C@@H](C(=O)NCc3ccccc3)[C@H]3CCC2(S3)C1C(=O)NCn1nnc2ccccc21. The molecule has 3 fully saturated rings. The number of nitrogens with one attached hydrogen (secondary N) is 2. The molecule has 2 bridgehead atoms. The van der Waals surface area contributed by atoms with E-state index in [2.05, 4.69) is 20.9 Å². The molecule has 3 aliphatic heterocycles. The van der Waals surface area contributed by atoms with E-state index >= 15 is 0 Å². The second kappa shape index (κ2) is 10.3.